The van der Waals surface area contributed by atoms with Gasteiger partial charge in [0.1, 0.15) is 0 Å². The number of hydrogen-bond acceptors (Lipinski definition) is 4. The van der Waals surface area contributed by atoms with E-state index in [4.69, 9.17) is 14.6 Å². The Morgan fingerprint density at radius 3 is 3.00 bits per heavy atom. The van der Waals surface area contributed by atoms with Crippen molar-refractivity contribution in [3.63, 3.8) is 0 Å². The lowest BCUT2D eigenvalue weighted by atomic mass is 10.2. The summed E-state index contributed by atoms with van der Waals surface area (Å²) in [6.45, 7) is 3.38. The molecule has 0 saturated heterocycles. The third kappa shape index (κ3) is 2.61. The summed E-state index contributed by atoms with van der Waals surface area (Å²) in [6.07, 6.45) is -0.320. The summed E-state index contributed by atoms with van der Waals surface area (Å²) < 4.78 is 10.5. The first-order valence-electron chi connectivity index (χ1n) is 5.03. The molecule has 1 heterocycles. The molecule has 0 spiro atoms. The fraction of sp³-hybridized carbons (Fsp3) is 0.455. The van der Waals surface area contributed by atoms with Crippen LogP contribution in [0.5, 0.6) is 11.5 Å². The van der Waals surface area contributed by atoms with E-state index in [9.17, 15) is 0 Å². The maximum absolute atomic E-state index is 9.08. The van der Waals surface area contributed by atoms with Gasteiger partial charge in [-0.25, -0.2) is 0 Å². The summed E-state index contributed by atoms with van der Waals surface area (Å²) in [5.74, 6) is 1.60. The largest absolute Gasteiger partial charge is 0.454 e. The topological polar surface area (TPSA) is 50.7 Å². The van der Waals surface area contributed by atoms with E-state index in [0.29, 0.717) is 13.3 Å². The van der Waals surface area contributed by atoms with E-state index in [0.717, 1.165) is 23.6 Å². The minimum absolute atomic E-state index is 0.305. The van der Waals surface area contributed by atoms with Crippen molar-refractivity contribution in [3.05, 3.63) is 23.8 Å². The molecule has 0 fully saturated rings. The molecule has 0 saturated carbocycles. The number of aliphatic hydroxyl groups excluding tert-OH is 1. The number of ether oxygens (including phenoxy) is 2. The molecule has 4 heteroatoms. The van der Waals surface area contributed by atoms with E-state index >= 15 is 0 Å². The standard InChI is InChI=1S/C11H15NO3/c1-8(13)5-12-6-9-2-3-10-11(4-9)15-7-14-10/h2-4,8,12-13H,5-7H2,1H3/t8-/m0/s1. The van der Waals surface area contributed by atoms with Crippen LogP contribution >= 0.6 is 0 Å². The van der Waals surface area contributed by atoms with Gasteiger partial charge < -0.3 is 19.9 Å². The van der Waals surface area contributed by atoms with Crippen LogP contribution in [-0.4, -0.2) is 24.5 Å². The van der Waals surface area contributed by atoms with Crippen molar-refractivity contribution in [2.24, 2.45) is 0 Å². The number of aliphatic hydroxyl groups is 1. The zero-order valence-corrected chi connectivity index (χ0v) is 8.69. The zero-order valence-electron chi connectivity index (χ0n) is 8.69. The molecule has 1 aliphatic heterocycles. The first-order valence-corrected chi connectivity index (χ1v) is 5.03. The molecule has 1 aliphatic rings. The Bertz CT molecular complexity index is 339. The van der Waals surface area contributed by atoms with Crippen LogP contribution < -0.4 is 14.8 Å². The molecular weight excluding hydrogens is 194 g/mol. The van der Waals surface area contributed by atoms with Crippen LogP contribution in [-0.2, 0) is 6.54 Å². The highest BCUT2D eigenvalue weighted by Crippen LogP contribution is 2.32. The SMILES string of the molecule is C[C@H](O)CNCc1ccc2c(c1)OCO2. The second-order valence-electron chi connectivity index (χ2n) is 3.67. The van der Waals surface area contributed by atoms with Gasteiger partial charge in [-0.15, -0.1) is 0 Å². The Balaban J connectivity index is 1.92. The monoisotopic (exact) mass is 209 g/mol. The third-order valence-electron chi connectivity index (χ3n) is 2.21. The quantitative estimate of drug-likeness (QED) is 0.773. The highest BCUT2D eigenvalue weighted by atomic mass is 16.7. The lowest BCUT2D eigenvalue weighted by molar-refractivity contribution is 0.174. The molecule has 1 aromatic carbocycles. The van der Waals surface area contributed by atoms with Crippen molar-refractivity contribution in [2.45, 2.75) is 19.6 Å². The minimum Gasteiger partial charge on any atom is -0.454 e. The van der Waals surface area contributed by atoms with Crippen LogP contribution in [0.1, 0.15) is 12.5 Å². The Kier molecular flexibility index (Phi) is 3.08. The maximum atomic E-state index is 9.08. The van der Waals surface area contributed by atoms with Gasteiger partial charge in [0.05, 0.1) is 6.10 Å². The Morgan fingerprint density at radius 1 is 1.40 bits per heavy atom. The molecule has 0 unspecified atom stereocenters. The van der Waals surface area contributed by atoms with Crippen LogP contribution in [0.2, 0.25) is 0 Å². The molecule has 0 amide bonds. The van der Waals surface area contributed by atoms with E-state index in [1.54, 1.807) is 6.92 Å². The van der Waals surface area contributed by atoms with Gasteiger partial charge in [0.2, 0.25) is 6.79 Å². The van der Waals surface area contributed by atoms with Gasteiger partial charge in [-0.05, 0) is 24.6 Å². The van der Waals surface area contributed by atoms with E-state index in [1.165, 1.54) is 0 Å². The fourth-order valence-corrected chi connectivity index (χ4v) is 1.48. The highest BCUT2D eigenvalue weighted by Gasteiger charge is 2.12. The molecule has 2 N–H and O–H groups in total. The average Bonchev–Trinajstić information content (AvgIpc) is 2.64. The molecule has 0 aromatic heterocycles. The fourth-order valence-electron chi connectivity index (χ4n) is 1.48. The van der Waals surface area contributed by atoms with Crippen molar-refractivity contribution in [2.75, 3.05) is 13.3 Å². The molecule has 0 aliphatic carbocycles. The zero-order chi connectivity index (χ0) is 10.7. The van der Waals surface area contributed by atoms with Gasteiger partial charge in [-0.2, -0.15) is 0 Å². The molecule has 2 rings (SSSR count). The van der Waals surface area contributed by atoms with Crippen LogP contribution in [0.3, 0.4) is 0 Å². The predicted molar refractivity (Wildman–Crippen MR) is 56.0 cm³/mol. The molecule has 1 atom stereocenters. The van der Waals surface area contributed by atoms with Crippen LogP contribution in [0.4, 0.5) is 0 Å². The van der Waals surface area contributed by atoms with Crippen molar-refractivity contribution in [1.82, 2.24) is 5.32 Å². The maximum Gasteiger partial charge on any atom is 0.231 e. The van der Waals surface area contributed by atoms with Crippen molar-refractivity contribution in [3.8, 4) is 11.5 Å². The number of nitrogens with one attached hydrogen (secondary N) is 1. The number of fused-ring (bicyclic) bond motifs is 1. The Labute approximate surface area is 88.8 Å². The second-order valence-corrected chi connectivity index (χ2v) is 3.67. The smallest absolute Gasteiger partial charge is 0.231 e. The van der Waals surface area contributed by atoms with Crippen molar-refractivity contribution in [1.29, 1.82) is 0 Å². The van der Waals surface area contributed by atoms with Gasteiger partial charge in [-0.1, -0.05) is 6.07 Å². The van der Waals surface area contributed by atoms with E-state index in [-0.39, 0.29) is 6.10 Å². The van der Waals surface area contributed by atoms with E-state index in [1.807, 2.05) is 18.2 Å². The van der Waals surface area contributed by atoms with Crippen LogP contribution in [0.25, 0.3) is 0 Å². The predicted octanol–water partition coefficient (Wildman–Crippen LogP) is 0.886. The summed E-state index contributed by atoms with van der Waals surface area (Å²) in [6, 6.07) is 5.85. The van der Waals surface area contributed by atoms with E-state index < -0.39 is 0 Å². The lowest BCUT2D eigenvalue weighted by Gasteiger charge is -2.07. The van der Waals surface area contributed by atoms with Gasteiger partial charge in [0.15, 0.2) is 11.5 Å². The summed E-state index contributed by atoms with van der Waals surface area (Å²) in [4.78, 5) is 0. The lowest BCUT2D eigenvalue weighted by Crippen LogP contribution is -2.23. The van der Waals surface area contributed by atoms with Crippen molar-refractivity contribution >= 4 is 0 Å². The van der Waals surface area contributed by atoms with Gasteiger partial charge in [0, 0.05) is 13.1 Å². The molecule has 0 bridgehead atoms. The summed E-state index contributed by atoms with van der Waals surface area (Å²) in [5.41, 5.74) is 1.12. The normalized spacial score (nSPS) is 15.3. The highest BCUT2D eigenvalue weighted by molar-refractivity contribution is 5.44. The number of rotatable bonds is 4. The summed E-state index contributed by atoms with van der Waals surface area (Å²) >= 11 is 0. The second kappa shape index (κ2) is 4.51. The molecule has 1 aromatic rings. The van der Waals surface area contributed by atoms with Gasteiger partial charge in [0.25, 0.3) is 0 Å². The number of hydrogen-bond donors (Lipinski definition) is 2. The van der Waals surface area contributed by atoms with E-state index in [2.05, 4.69) is 5.32 Å². The Morgan fingerprint density at radius 2 is 2.20 bits per heavy atom. The first kappa shape index (κ1) is 10.3. The minimum atomic E-state index is -0.320. The summed E-state index contributed by atoms with van der Waals surface area (Å²) in [5, 5.41) is 12.2. The summed E-state index contributed by atoms with van der Waals surface area (Å²) in [7, 11) is 0. The van der Waals surface area contributed by atoms with Gasteiger partial charge >= 0.3 is 0 Å². The van der Waals surface area contributed by atoms with Crippen molar-refractivity contribution < 1.29 is 14.6 Å². The van der Waals surface area contributed by atoms with Crippen LogP contribution in [0, 0.1) is 0 Å². The molecule has 4 nitrogen and oxygen atoms in total. The molecular formula is C11H15NO3. The number of benzene rings is 1. The first-order chi connectivity index (χ1) is 7.25. The Hall–Kier alpha value is -1.26. The molecule has 0 radical (unpaired) electrons. The average molecular weight is 209 g/mol. The van der Waals surface area contributed by atoms with Gasteiger partial charge in [-0.3, -0.25) is 0 Å². The third-order valence-corrected chi connectivity index (χ3v) is 2.21. The van der Waals surface area contributed by atoms with Crippen LogP contribution in [0.15, 0.2) is 18.2 Å². The molecule has 15 heavy (non-hydrogen) atoms. The molecule has 82 valence electrons.